The van der Waals surface area contributed by atoms with Crippen molar-refractivity contribution in [2.45, 2.75) is 0 Å². The highest BCUT2D eigenvalue weighted by atomic mass is 32.9. The van der Waals surface area contributed by atoms with Crippen LogP contribution in [0.15, 0.2) is 60.7 Å². The van der Waals surface area contributed by atoms with Crippen LogP contribution in [0.1, 0.15) is 0 Å². The van der Waals surface area contributed by atoms with Gasteiger partial charge in [-0.2, -0.15) is 0 Å². The number of benzene rings is 2. The van der Waals surface area contributed by atoms with Gasteiger partial charge in [-0.05, 0) is 48.3 Å². The fraction of sp³-hybridized carbons (Fsp3) is 0. The molecule has 1 fully saturated rings. The summed E-state index contributed by atoms with van der Waals surface area (Å²) in [6, 6.07) is 19.9. The molecule has 0 unspecified atom stereocenters. The molecule has 0 radical (unpaired) electrons. The molecular weight excluding hydrogens is 311 g/mol. The van der Waals surface area contributed by atoms with Crippen LogP contribution >= 0.6 is 30.0 Å². The Hall–Kier alpha value is -0.870. The van der Waals surface area contributed by atoms with Crippen molar-refractivity contribution in [3.63, 3.8) is 0 Å². The van der Waals surface area contributed by atoms with Gasteiger partial charge >= 0.3 is 0 Å². The summed E-state index contributed by atoms with van der Waals surface area (Å²) < 4.78 is 3.96. The average molecular weight is 322 g/mol. The predicted octanol–water partition coefficient (Wildman–Crippen LogP) is 4.45. The van der Waals surface area contributed by atoms with Crippen LogP contribution < -0.4 is 9.34 Å². The fourth-order valence-electron chi connectivity index (χ4n) is 2.02. The van der Waals surface area contributed by atoms with E-state index in [1.165, 1.54) is 0 Å². The first-order valence-electron chi connectivity index (χ1n) is 5.70. The molecule has 1 saturated heterocycles. The number of hydrogen-bond donors (Lipinski definition) is 1. The molecule has 0 aromatic heterocycles. The molecule has 0 saturated carbocycles. The van der Waals surface area contributed by atoms with Crippen LogP contribution in [-0.4, -0.2) is 5.11 Å². The number of para-hydroxylation sites is 2. The summed E-state index contributed by atoms with van der Waals surface area (Å²) >= 11 is 15.9. The van der Waals surface area contributed by atoms with Crippen molar-refractivity contribution in [3.05, 3.63) is 60.7 Å². The molecule has 1 aliphatic heterocycles. The van der Waals surface area contributed by atoms with Gasteiger partial charge < -0.3 is 0 Å². The van der Waals surface area contributed by atoms with Crippen molar-refractivity contribution < 1.29 is 0 Å². The van der Waals surface area contributed by atoms with Crippen LogP contribution in [-0.2, 0) is 11.8 Å². The van der Waals surface area contributed by atoms with E-state index >= 15 is 0 Å². The summed E-state index contributed by atoms with van der Waals surface area (Å²) in [4.78, 5) is 0. The van der Waals surface area contributed by atoms with E-state index in [-0.39, 0.29) is 0 Å². The zero-order valence-corrected chi connectivity index (χ0v) is 13.3. The topological polar surface area (TPSA) is 6.48 Å². The molecule has 0 atom stereocenters. The third-order valence-electron chi connectivity index (χ3n) is 2.88. The first-order chi connectivity index (χ1) is 9.12. The van der Waals surface area contributed by atoms with Gasteiger partial charge in [0.05, 0.1) is 0 Å². The minimum atomic E-state index is -2.13. The first kappa shape index (κ1) is 13.1. The highest BCUT2D eigenvalue weighted by molar-refractivity contribution is 8.65. The van der Waals surface area contributed by atoms with E-state index < -0.39 is 5.54 Å². The van der Waals surface area contributed by atoms with Gasteiger partial charge in [0.1, 0.15) is 0 Å². The normalized spacial score (nSPS) is 17.2. The number of thiol groups is 1. The molecule has 0 bridgehead atoms. The van der Waals surface area contributed by atoms with E-state index in [9.17, 15) is 0 Å². The molecule has 0 amide bonds. The van der Waals surface area contributed by atoms with Crippen LogP contribution in [0, 0.1) is 0 Å². The molecule has 0 aliphatic carbocycles. The van der Waals surface area contributed by atoms with Crippen molar-refractivity contribution >= 4 is 58.3 Å². The summed E-state index contributed by atoms with van der Waals surface area (Å²) in [6.45, 7) is 0. The number of nitrogens with zero attached hydrogens (tertiary/aromatic N) is 2. The van der Waals surface area contributed by atoms with Crippen LogP contribution in [0.3, 0.4) is 0 Å². The largest absolute Gasteiger partial charge is 0.265 e. The second-order valence-corrected chi connectivity index (χ2v) is 10.3. The highest BCUT2D eigenvalue weighted by Gasteiger charge is 2.46. The monoisotopic (exact) mass is 322 g/mol. The van der Waals surface area contributed by atoms with Crippen molar-refractivity contribution in [1.29, 1.82) is 0 Å². The Morgan fingerprint density at radius 2 is 1.16 bits per heavy atom. The molecule has 0 spiro atoms. The van der Waals surface area contributed by atoms with Gasteiger partial charge in [-0.15, -0.1) is 0 Å². The molecule has 96 valence electrons. The Kier molecular flexibility index (Phi) is 3.39. The van der Waals surface area contributed by atoms with E-state index in [1.54, 1.807) is 0 Å². The van der Waals surface area contributed by atoms with Crippen molar-refractivity contribution in [2.75, 3.05) is 9.34 Å². The molecule has 1 heterocycles. The smallest absolute Gasteiger partial charge is 0.192 e. The molecule has 2 nitrogen and oxygen atoms in total. The second kappa shape index (κ2) is 4.91. The van der Waals surface area contributed by atoms with Gasteiger partial charge in [-0.25, -0.2) is 0 Å². The van der Waals surface area contributed by atoms with Gasteiger partial charge in [-0.1, -0.05) is 48.6 Å². The number of rotatable bonds is 2. The predicted molar refractivity (Wildman–Crippen MR) is 93.7 cm³/mol. The van der Waals surface area contributed by atoms with Gasteiger partial charge in [0.15, 0.2) is 10.7 Å². The molecule has 6 heteroatoms. The number of hydrogen-bond acceptors (Lipinski definition) is 2. The zero-order chi connectivity index (χ0) is 13.5. The third-order valence-corrected chi connectivity index (χ3v) is 7.46. The van der Waals surface area contributed by atoms with Gasteiger partial charge in [0.2, 0.25) is 0 Å². The van der Waals surface area contributed by atoms with E-state index in [2.05, 4.69) is 0 Å². The van der Waals surface area contributed by atoms with Crippen LogP contribution in [0.25, 0.3) is 0 Å². The lowest BCUT2D eigenvalue weighted by Gasteiger charge is -2.52. The maximum atomic E-state index is 5.70. The Morgan fingerprint density at radius 3 is 1.47 bits per heavy atom. The molecule has 3 rings (SSSR count). The zero-order valence-electron chi connectivity index (χ0n) is 9.88. The Labute approximate surface area is 128 Å². The van der Waals surface area contributed by atoms with Crippen molar-refractivity contribution in [1.82, 2.24) is 0 Å². The number of anilines is 2. The molecule has 19 heavy (non-hydrogen) atoms. The summed E-state index contributed by atoms with van der Waals surface area (Å²) in [5.41, 5.74) is -0.109. The van der Waals surface area contributed by atoms with E-state index in [1.807, 2.05) is 70.0 Å². The maximum absolute atomic E-state index is 5.70. The second-order valence-electron chi connectivity index (χ2n) is 4.09. The minimum Gasteiger partial charge on any atom is -0.265 e. The highest BCUT2D eigenvalue weighted by Crippen LogP contribution is 2.68. The Bertz CT molecular complexity index is 607. The SMILES string of the molecule is S=C1N(c2ccccc2)P(=S)(S)N1c1ccccc1. The van der Waals surface area contributed by atoms with Crippen LogP contribution in [0.2, 0.25) is 0 Å². The van der Waals surface area contributed by atoms with Crippen molar-refractivity contribution in [3.8, 4) is 0 Å². The number of thiocarbonyl (C=S) groups is 1. The molecule has 1 aliphatic rings. The average Bonchev–Trinajstić information content (AvgIpc) is 2.40. The third kappa shape index (κ3) is 2.11. The van der Waals surface area contributed by atoms with Gasteiger partial charge in [-0.3, -0.25) is 9.34 Å². The maximum Gasteiger partial charge on any atom is 0.192 e. The minimum absolute atomic E-state index is 0.718. The van der Waals surface area contributed by atoms with Crippen molar-refractivity contribution in [2.24, 2.45) is 0 Å². The van der Waals surface area contributed by atoms with E-state index in [0.29, 0.717) is 0 Å². The van der Waals surface area contributed by atoms with Crippen LogP contribution in [0.4, 0.5) is 11.4 Å². The molecule has 2 aromatic carbocycles. The van der Waals surface area contributed by atoms with Gasteiger partial charge in [0, 0.05) is 11.4 Å². The summed E-state index contributed by atoms with van der Waals surface area (Å²) in [5, 5.41) is 0.718. The standard InChI is InChI=1S/C13H11N2PS3/c17-13-14(11-7-3-1-4-8-11)16(18,19)15(13)12-9-5-2-6-10-12/h1-10H,(H,18,19). The van der Waals surface area contributed by atoms with Crippen LogP contribution in [0.5, 0.6) is 0 Å². The lowest BCUT2D eigenvalue weighted by Crippen LogP contribution is -2.52. The summed E-state index contributed by atoms with van der Waals surface area (Å²) in [6.07, 6.45) is 0. The Balaban J connectivity index is 1.98. The quantitative estimate of drug-likeness (QED) is 0.495. The van der Waals surface area contributed by atoms with E-state index in [0.717, 1.165) is 16.5 Å². The summed E-state index contributed by atoms with van der Waals surface area (Å²) in [7, 11) is 0. The lowest BCUT2D eigenvalue weighted by atomic mass is 10.3. The first-order valence-corrected chi connectivity index (χ1v) is 9.97. The van der Waals surface area contributed by atoms with E-state index in [4.69, 9.17) is 36.3 Å². The molecular formula is C13H11N2PS3. The van der Waals surface area contributed by atoms with Gasteiger partial charge in [0.25, 0.3) is 0 Å². The summed E-state index contributed by atoms with van der Waals surface area (Å²) in [5.74, 6) is 0. The molecule has 0 N–H and O–H groups in total. The fourth-order valence-corrected chi connectivity index (χ4v) is 7.32. The lowest BCUT2D eigenvalue weighted by molar-refractivity contribution is 1.34. The Morgan fingerprint density at radius 1 is 0.789 bits per heavy atom. The molecule has 2 aromatic rings.